The van der Waals surface area contributed by atoms with Crippen LogP contribution < -0.4 is 5.73 Å². The van der Waals surface area contributed by atoms with E-state index in [-0.39, 0.29) is 17.9 Å². The lowest BCUT2D eigenvalue weighted by atomic mass is 10.1. The van der Waals surface area contributed by atoms with E-state index < -0.39 is 5.97 Å². The molecule has 7 heteroatoms. The van der Waals surface area contributed by atoms with Gasteiger partial charge in [-0.1, -0.05) is 11.3 Å². The van der Waals surface area contributed by atoms with Crippen molar-refractivity contribution in [1.29, 1.82) is 0 Å². The van der Waals surface area contributed by atoms with Crippen LogP contribution in [0, 0.1) is 5.82 Å². The average molecular weight is 312 g/mol. The van der Waals surface area contributed by atoms with Crippen LogP contribution in [0.2, 0.25) is 0 Å². The Kier molecular flexibility index (Phi) is 3.86. The smallest absolute Gasteiger partial charge is 0.335 e. The van der Waals surface area contributed by atoms with E-state index in [1.54, 1.807) is 24.3 Å². The van der Waals surface area contributed by atoms with Crippen molar-refractivity contribution in [3.05, 3.63) is 65.6 Å². The van der Waals surface area contributed by atoms with Crippen molar-refractivity contribution in [2.45, 2.75) is 6.54 Å². The Hall–Kier alpha value is -3.06. The first-order valence-electron chi connectivity index (χ1n) is 6.84. The number of nitrogens with zero attached hydrogens (tertiary/aromatic N) is 3. The minimum absolute atomic E-state index is 0.136. The summed E-state index contributed by atoms with van der Waals surface area (Å²) in [6.45, 7) is 0.158. The van der Waals surface area contributed by atoms with Gasteiger partial charge in [0.1, 0.15) is 11.5 Å². The summed E-state index contributed by atoms with van der Waals surface area (Å²) in [4.78, 5) is 11.1. The Morgan fingerprint density at radius 2 is 1.96 bits per heavy atom. The molecule has 1 aromatic heterocycles. The Labute approximate surface area is 131 Å². The third-order valence-corrected chi connectivity index (χ3v) is 3.39. The van der Waals surface area contributed by atoms with Crippen molar-refractivity contribution >= 4 is 5.97 Å². The molecule has 1 heterocycles. The normalized spacial score (nSPS) is 10.7. The first-order chi connectivity index (χ1) is 11.1. The number of aromatic carboxylic acids is 1. The first-order valence-corrected chi connectivity index (χ1v) is 6.84. The molecule has 0 unspecified atom stereocenters. The van der Waals surface area contributed by atoms with Gasteiger partial charge in [0.05, 0.1) is 16.9 Å². The van der Waals surface area contributed by atoms with Crippen LogP contribution in [0.5, 0.6) is 0 Å². The summed E-state index contributed by atoms with van der Waals surface area (Å²) >= 11 is 0. The van der Waals surface area contributed by atoms with Crippen LogP contribution in [-0.2, 0) is 6.54 Å². The summed E-state index contributed by atoms with van der Waals surface area (Å²) in [5, 5.41) is 17.2. The number of halogens is 1. The van der Waals surface area contributed by atoms with Crippen LogP contribution in [0.4, 0.5) is 4.39 Å². The molecule has 0 aliphatic carbocycles. The molecule has 3 aromatic rings. The van der Waals surface area contributed by atoms with Crippen molar-refractivity contribution < 1.29 is 14.3 Å². The molecule has 116 valence electrons. The monoisotopic (exact) mass is 312 g/mol. The highest BCUT2D eigenvalue weighted by molar-refractivity contribution is 5.88. The fourth-order valence-electron chi connectivity index (χ4n) is 2.30. The second kappa shape index (κ2) is 5.98. The molecule has 2 aromatic carbocycles. The number of hydrogen-bond acceptors (Lipinski definition) is 4. The molecule has 0 bridgehead atoms. The van der Waals surface area contributed by atoms with E-state index in [0.29, 0.717) is 22.6 Å². The number of carbonyl (C=O) groups is 1. The van der Waals surface area contributed by atoms with E-state index in [2.05, 4.69) is 10.3 Å². The van der Waals surface area contributed by atoms with E-state index in [4.69, 9.17) is 10.8 Å². The van der Waals surface area contributed by atoms with E-state index in [1.165, 1.54) is 28.9 Å². The SMILES string of the molecule is NCc1nnn(-c2cccc(C(=O)O)c2)c1-c1ccc(F)cc1. The summed E-state index contributed by atoms with van der Waals surface area (Å²) in [5.41, 5.74) is 8.22. The molecule has 0 amide bonds. The van der Waals surface area contributed by atoms with Crippen molar-refractivity contribution in [3.63, 3.8) is 0 Å². The summed E-state index contributed by atoms with van der Waals surface area (Å²) < 4.78 is 14.6. The minimum Gasteiger partial charge on any atom is -0.478 e. The maximum atomic E-state index is 13.1. The molecule has 0 aliphatic heterocycles. The number of nitrogens with two attached hydrogens (primary N) is 1. The van der Waals surface area contributed by atoms with Crippen molar-refractivity contribution in [2.24, 2.45) is 5.73 Å². The average Bonchev–Trinajstić information content (AvgIpc) is 2.99. The number of hydrogen-bond donors (Lipinski definition) is 2. The van der Waals surface area contributed by atoms with Crippen LogP contribution in [0.3, 0.4) is 0 Å². The van der Waals surface area contributed by atoms with E-state index in [1.807, 2.05) is 0 Å². The molecular weight excluding hydrogens is 299 g/mol. The van der Waals surface area contributed by atoms with Gasteiger partial charge in [-0.2, -0.15) is 0 Å². The fraction of sp³-hybridized carbons (Fsp3) is 0.0625. The van der Waals surface area contributed by atoms with Gasteiger partial charge >= 0.3 is 5.97 Å². The van der Waals surface area contributed by atoms with Gasteiger partial charge < -0.3 is 10.8 Å². The molecule has 6 nitrogen and oxygen atoms in total. The van der Waals surface area contributed by atoms with Crippen LogP contribution >= 0.6 is 0 Å². The van der Waals surface area contributed by atoms with E-state index >= 15 is 0 Å². The highest BCUT2D eigenvalue weighted by atomic mass is 19.1. The van der Waals surface area contributed by atoms with Gasteiger partial charge in [-0.05, 0) is 42.5 Å². The molecule has 0 spiro atoms. The lowest BCUT2D eigenvalue weighted by Gasteiger charge is -2.08. The van der Waals surface area contributed by atoms with Gasteiger partial charge in [-0.15, -0.1) is 5.10 Å². The van der Waals surface area contributed by atoms with Crippen LogP contribution in [0.25, 0.3) is 16.9 Å². The quantitative estimate of drug-likeness (QED) is 0.770. The Balaban J connectivity index is 2.17. The number of rotatable bonds is 4. The van der Waals surface area contributed by atoms with Gasteiger partial charge in [0, 0.05) is 12.1 Å². The topological polar surface area (TPSA) is 94.0 Å². The standard InChI is InChI=1S/C16H13FN4O2/c17-12-6-4-10(5-7-12)15-14(9-18)19-20-21(15)13-3-1-2-11(8-13)16(22)23/h1-8H,9,18H2,(H,22,23). The van der Waals surface area contributed by atoms with Gasteiger partial charge in [-0.3, -0.25) is 0 Å². The third-order valence-electron chi connectivity index (χ3n) is 3.39. The molecule has 0 radical (unpaired) electrons. The third kappa shape index (κ3) is 2.82. The number of carboxylic acids is 1. The van der Waals surface area contributed by atoms with E-state index in [0.717, 1.165) is 0 Å². The van der Waals surface area contributed by atoms with Gasteiger partial charge in [0.25, 0.3) is 0 Å². The van der Waals surface area contributed by atoms with Crippen LogP contribution in [0.15, 0.2) is 48.5 Å². The maximum Gasteiger partial charge on any atom is 0.335 e. The second-order valence-electron chi connectivity index (χ2n) is 4.86. The number of benzene rings is 2. The van der Waals surface area contributed by atoms with Crippen LogP contribution in [-0.4, -0.2) is 26.1 Å². The molecule has 0 aliphatic rings. The highest BCUT2D eigenvalue weighted by Gasteiger charge is 2.16. The summed E-state index contributed by atoms with van der Waals surface area (Å²) in [7, 11) is 0. The van der Waals surface area contributed by atoms with Crippen molar-refractivity contribution in [1.82, 2.24) is 15.0 Å². The summed E-state index contributed by atoms with van der Waals surface area (Å²) in [5.74, 6) is -1.38. The lowest BCUT2D eigenvalue weighted by molar-refractivity contribution is 0.0697. The van der Waals surface area contributed by atoms with Crippen LogP contribution in [0.1, 0.15) is 16.1 Å². The highest BCUT2D eigenvalue weighted by Crippen LogP contribution is 2.25. The zero-order valence-corrected chi connectivity index (χ0v) is 12.0. The summed E-state index contributed by atoms with van der Waals surface area (Å²) in [6, 6.07) is 12.2. The molecular formula is C16H13FN4O2. The maximum absolute atomic E-state index is 13.1. The molecule has 3 rings (SSSR count). The first kappa shape index (κ1) is 14.9. The molecule has 0 atom stereocenters. The molecule has 23 heavy (non-hydrogen) atoms. The molecule has 0 saturated heterocycles. The Morgan fingerprint density at radius 3 is 2.61 bits per heavy atom. The zero-order valence-electron chi connectivity index (χ0n) is 12.0. The van der Waals surface area contributed by atoms with Gasteiger partial charge in [-0.25, -0.2) is 13.9 Å². The molecule has 0 fully saturated rings. The Bertz CT molecular complexity index is 859. The van der Waals surface area contributed by atoms with Gasteiger partial charge in [0.2, 0.25) is 0 Å². The number of carboxylic acid groups (broad SMARTS) is 1. The Morgan fingerprint density at radius 1 is 1.22 bits per heavy atom. The summed E-state index contributed by atoms with van der Waals surface area (Å²) in [6.07, 6.45) is 0. The van der Waals surface area contributed by atoms with Crippen molar-refractivity contribution in [2.75, 3.05) is 0 Å². The second-order valence-corrected chi connectivity index (χ2v) is 4.86. The molecule has 3 N–H and O–H groups in total. The van der Waals surface area contributed by atoms with E-state index in [9.17, 15) is 9.18 Å². The largest absolute Gasteiger partial charge is 0.478 e. The predicted molar refractivity (Wildman–Crippen MR) is 81.6 cm³/mol. The van der Waals surface area contributed by atoms with Gasteiger partial charge in [0.15, 0.2) is 0 Å². The fourth-order valence-corrected chi connectivity index (χ4v) is 2.30. The zero-order chi connectivity index (χ0) is 16.4. The molecule has 0 saturated carbocycles. The lowest BCUT2D eigenvalue weighted by Crippen LogP contribution is -2.04. The van der Waals surface area contributed by atoms with Crippen molar-refractivity contribution in [3.8, 4) is 16.9 Å². The number of aromatic nitrogens is 3. The predicted octanol–water partition coefficient (Wildman–Crippen LogP) is 2.23. The minimum atomic E-state index is -1.03.